The van der Waals surface area contributed by atoms with Crippen LogP contribution in [0.15, 0.2) is 66.7 Å². The number of carbonyl (C=O) groups excluding carboxylic acids is 4. The Kier molecular flexibility index (Phi) is 13.4. The van der Waals surface area contributed by atoms with Crippen molar-refractivity contribution in [3.8, 4) is 5.75 Å². The predicted octanol–water partition coefficient (Wildman–Crippen LogP) is 8.48. The zero-order valence-electron chi connectivity index (χ0n) is 32.6. The first-order valence-electron chi connectivity index (χ1n) is 19.3. The fourth-order valence-electron chi connectivity index (χ4n) is 7.75. The van der Waals surface area contributed by atoms with Crippen molar-refractivity contribution in [3.05, 3.63) is 100 Å². The average molecular weight is 778 g/mol. The SMILES string of the molecule is CCC(C)[C@H](CC(=O)[C@@]1(NC(=O)[C@@H](CC(=O)Cc2ccccc2F)C(C)CC)CCc2[nH]c3c(C(F)(F)F)cccc3c2C1)C(=O)NCc1ccc(OC)cc1. The van der Waals surface area contributed by atoms with E-state index in [0.29, 0.717) is 35.2 Å². The quantitative estimate of drug-likeness (QED) is 0.0931. The third kappa shape index (κ3) is 9.50. The van der Waals surface area contributed by atoms with Crippen LogP contribution in [0.25, 0.3) is 10.9 Å². The number of carbonyl (C=O) groups is 4. The van der Waals surface area contributed by atoms with Crippen LogP contribution in [-0.2, 0) is 51.2 Å². The van der Waals surface area contributed by atoms with E-state index in [1.165, 1.54) is 24.3 Å². The third-order valence-electron chi connectivity index (χ3n) is 11.7. The molecule has 2 unspecified atom stereocenters. The van der Waals surface area contributed by atoms with Gasteiger partial charge in [-0.05, 0) is 65.6 Å². The number of methoxy groups -OCH3 is 1. The summed E-state index contributed by atoms with van der Waals surface area (Å²) >= 11 is 0. The van der Waals surface area contributed by atoms with Gasteiger partial charge in [0.2, 0.25) is 11.8 Å². The number of amides is 2. The highest BCUT2D eigenvalue weighted by Crippen LogP contribution is 2.41. The Labute approximate surface area is 325 Å². The smallest absolute Gasteiger partial charge is 0.418 e. The summed E-state index contributed by atoms with van der Waals surface area (Å²) in [4.78, 5) is 59.5. The molecule has 4 aromatic rings. The molecule has 0 saturated heterocycles. The normalized spacial score (nSPS) is 17.7. The second kappa shape index (κ2) is 17.9. The number of hydrogen-bond donors (Lipinski definition) is 3. The molecular weight excluding hydrogens is 726 g/mol. The topological polar surface area (TPSA) is 117 Å². The minimum Gasteiger partial charge on any atom is -0.497 e. The molecule has 3 N–H and O–H groups in total. The summed E-state index contributed by atoms with van der Waals surface area (Å²) in [5, 5.41) is 6.31. The van der Waals surface area contributed by atoms with Crippen molar-refractivity contribution in [1.29, 1.82) is 0 Å². The number of Topliss-reactive ketones (excluding diaryl/α,β-unsaturated/α-hetero) is 2. The van der Waals surface area contributed by atoms with E-state index in [1.54, 1.807) is 31.4 Å². The molecule has 1 aliphatic rings. The number of hydrogen-bond acceptors (Lipinski definition) is 5. The lowest BCUT2D eigenvalue weighted by atomic mass is 9.72. The zero-order valence-corrected chi connectivity index (χ0v) is 32.6. The number of ketones is 2. The number of aromatic amines is 1. The van der Waals surface area contributed by atoms with E-state index in [4.69, 9.17) is 4.74 Å². The number of halogens is 4. The van der Waals surface area contributed by atoms with Crippen LogP contribution in [0.1, 0.15) is 87.7 Å². The number of benzene rings is 3. The molecule has 1 aromatic heterocycles. The van der Waals surface area contributed by atoms with Crippen LogP contribution in [0.4, 0.5) is 17.6 Å². The summed E-state index contributed by atoms with van der Waals surface area (Å²) in [5.41, 5.74) is -0.432. The lowest BCUT2D eigenvalue weighted by Gasteiger charge is -2.39. The standard InChI is InChI=1S/C44H51F4N3O5/c1-6-26(3)33(22-30(52)21-29-11-8-9-14-37(29)45)42(55)51-43(20-19-38-35(24-43)32-12-10-13-36(40(32)50-38)44(46,47)48)39(53)23-34(27(4)7-2)41(54)49-25-28-15-17-31(56-5)18-16-28/h8-18,26-27,33-34,50H,6-7,19-25H2,1-5H3,(H,49,54)(H,51,55)/t26?,27?,33-,34-,43+/m0/s1. The Morgan fingerprint density at radius 3 is 2.16 bits per heavy atom. The van der Waals surface area contributed by atoms with E-state index < -0.39 is 46.6 Å². The van der Waals surface area contributed by atoms with E-state index in [9.17, 15) is 36.7 Å². The van der Waals surface area contributed by atoms with Crippen molar-refractivity contribution < 1.29 is 41.5 Å². The van der Waals surface area contributed by atoms with Crippen LogP contribution in [0.3, 0.4) is 0 Å². The van der Waals surface area contributed by atoms with Crippen molar-refractivity contribution in [2.45, 2.75) is 97.3 Å². The van der Waals surface area contributed by atoms with Crippen LogP contribution in [0.2, 0.25) is 0 Å². The van der Waals surface area contributed by atoms with Crippen molar-refractivity contribution in [3.63, 3.8) is 0 Å². The largest absolute Gasteiger partial charge is 0.497 e. The number of rotatable bonds is 17. The van der Waals surface area contributed by atoms with Gasteiger partial charge < -0.3 is 20.4 Å². The molecule has 5 rings (SSSR count). The van der Waals surface area contributed by atoms with E-state index in [0.717, 1.165) is 11.6 Å². The predicted molar refractivity (Wildman–Crippen MR) is 206 cm³/mol. The Balaban J connectivity index is 1.48. The number of aryl methyl sites for hydroxylation is 1. The second-order valence-electron chi connectivity index (χ2n) is 15.2. The van der Waals surface area contributed by atoms with Crippen molar-refractivity contribution in [2.24, 2.45) is 23.7 Å². The fraction of sp³-hybridized carbons (Fsp3) is 0.455. The zero-order chi connectivity index (χ0) is 40.8. The number of aromatic nitrogens is 1. The molecular formula is C44H51F4N3O5. The lowest BCUT2D eigenvalue weighted by Crippen LogP contribution is -2.60. The van der Waals surface area contributed by atoms with E-state index >= 15 is 0 Å². The number of nitrogens with one attached hydrogen (secondary N) is 3. The van der Waals surface area contributed by atoms with Gasteiger partial charge in [-0.1, -0.05) is 83.0 Å². The first kappa shape index (κ1) is 42.1. The van der Waals surface area contributed by atoms with Crippen LogP contribution in [0, 0.1) is 29.5 Å². The molecule has 1 aliphatic carbocycles. The Morgan fingerprint density at radius 2 is 1.54 bits per heavy atom. The summed E-state index contributed by atoms with van der Waals surface area (Å²) in [6.07, 6.45) is -4.03. The molecule has 8 nitrogen and oxygen atoms in total. The van der Waals surface area contributed by atoms with Gasteiger partial charge in [-0.25, -0.2) is 4.39 Å². The molecule has 0 saturated carbocycles. The third-order valence-corrected chi connectivity index (χ3v) is 11.7. The summed E-state index contributed by atoms with van der Waals surface area (Å²) in [6.45, 7) is 7.73. The molecule has 5 atom stereocenters. The monoisotopic (exact) mass is 777 g/mol. The maximum atomic E-state index is 14.9. The maximum absolute atomic E-state index is 14.9. The molecule has 0 radical (unpaired) electrons. The Bertz CT molecular complexity index is 2040. The fourth-order valence-corrected chi connectivity index (χ4v) is 7.75. The molecule has 12 heteroatoms. The van der Waals surface area contributed by atoms with Crippen LogP contribution in [-0.4, -0.2) is 41.0 Å². The van der Waals surface area contributed by atoms with Gasteiger partial charge in [0.1, 0.15) is 22.9 Å². The van der Waals surface area contributed by atoms with E-state index in [1.807, 2.05) is 39.8 Å². The number of alkyl halides is 3. The Hall–Kier alpha value is -5.00. The number of fused-ring (bicyclic) bond motifs is 3. The van der Waals surface area contributed by atoms with Crippen LogP contribution < -0.4 is 15.4 Å². The molecule has 0 fully saturated rings. The molecule has 0 bridgehead atoms. The Morgan fingerprint density at radius 1 is 0.875 bits per heavy atom. The summed E-state index contributed by atoms with van der Waals surface area (Å²) in [6, 6.07) is 17.0. The van der Waals surface area contributed by atoms with Gasteiger partial charge in [0.05, 0.1) is 18.2 Å². The molecule has 3 aromatic carbocycles. The molecule has 300 valence electrons. The van der Waals surface area contributed by atoms with Gasteiger partial charge in [-0.3, -0.25) is 19.2 Å². The molecule has 56 heavy (non-hydrogen) atoms. The first-order valence-corrected chi connectivity index (χ1v) is 19.3. The highest BCUT2D eigenvalue weighted by atomic mass is 19.4. The van der Waals surface area contributed by atoms with Crippen LogP contribution >= 0.6 is 0 Å². The van der Waals surface area contributed by atoms with Crippen LogP contribution in [0.5, 0.6) is 5.75 Å². The van der Waals surface area contributed by atoms with E-state index in [2.05, 4.69) is 15.6 Å². The number of H-pyrrole nitrogens is 1. The minimum absolute atomic E-state index is 0.0653. The van der Waals surface area contributed by atoms with Gasteiger partial charge in [0.25, 0.3) is 0 Å². The van der Waals surface area contributed by atoms with Gasteiger partial charge >= 0.3 is 6.18 Å². The summed E-state index contributed by atoms with van der Waals surface area (Å²) < 4.78 is 62.0. The average Bonchev–Trinajstić information content (AvgIpc) is 3.55. The minimum atomic E-state index is -4.63. The molecule has 0 spiro atoms. The van der Waals surface area contributed by atoms with Gasteiger partial charge in [-0.2, -0.15) is 13.2 Å². The summed E-state index contributed by atoms with van der Waals surface area (Å²) in [5.74, 6) is -3.66. The van der Waals surface area contributed by atoms with Gasteiger partial charge in [0, 0.05) is 55.1 Å². The maximum Gasteiger partial charge on any atom is 0.418 e. The van der Waals surface area contributed by atoms with Crippen molar-refractivity contribution in [1.82, 2.24) is 15.6 Å². The van der Waals surface area contributed by atoms with Crippen molar-refractivity contribution in [2.75, 3.05) is 7.11 Å². The van der Waals surface area contributed by atoms with Crippen molar-refractivity contribution >= 4 is 34.3 Å². The van der Waals surface area contributed by atoms with Gasteiger partial charge in [-0.15, -0.1) is 0 Å². The molecule has 2 amide bonds. The van der Waals surface area contributed by atoms with Gasteiger partial charge in [0.15, 0.2) is 5.78 Å². The number of para-hydroxylation sites is 1. The highest BCUT2D eigenvalue weighted by molar-refractivity contribution is 5.99. The molecule has 1 heterocycles. The molecule has 0 aliphatic heterocycles. The summed E-state index contributed by atoms with van der Waals surface area (Å²) in [7, 11) is 1.56. The second-order valence-corrected chi connectivity index (χ2v) is 15.2. The first-order chi connectivity index (χ1) is 26.6. The van der Waals surface area contributed by atoms with E-state index in [-0.39, 0.29) is 79.7 Å². The highest BCUT2D eigenvalue weighted by Gasteiger charge is 2.47. The lowest BCUT2D eigenvalue weighted by molar-refractivity contribution is -0.139. The number of ether oxygens (including phenoxy) is 1.